The maximum absolute atomic E-state index is 12.7. The molecule has 0 aliphatic rings. The summed E-state index contributed by atoms with van der Waals surface area (Å²) in [4.78, 5) is 23.1. The Kier molecular flexibility index (Phi) is 6.27. The second kappa shape index (κ2) is 7.58. The highest BCUT2D eigenvalue weighted by atomic mass is 32.2. The number of rotatable bonds is 7. The highest BCUT2D eigenvalue weighted by Crippen LogP contribution is 2.40. The van der Waals surface area contributed by atoms with Gasteiger partial charge in [0, 0.05) is 33.1 Å². The second-order valence-corrected chi connectivity index (χ2v) is 6.86. The first-order chi connectivity index (χ1) is 11.1. The molecule has 9 nitrogen and oxygen atoms in total. The number of amides is 1. The Morgan fingerprint density at radius 2 is 1.83 bits per heavy atom. The van der Waals surface area contributed by atoms with Crippen LogP contribution in [0.4, 0.5) is 11.4 Å². The maximum atomic E-state index is 12.7. The minimum absolute atomic E-state index is 0.0185. The summed E-state index contributed by atoms with van der Waals surface area (Å²) in [5.41, 5.74) is -0.501. The van der Waals surface area contributed by atoms with E-state index in [1.165, 1.54) is 31.5 Å². The van der Waals surface area contributed by atoms with E-state index in [1.54, 1.807) is 13.8 Å². The summed E-state index contributed by atoms with van der Waals surface area (Å²) in [5.74, 6) is -0.587. The summed E-state index contributed by atoms with van der Waals surface area (Å²) >= 11 is 0. The van der Waals surface area contributed by atoms with Crippen LogP contribution in [0.5, 0.6) is 5.75 Å². The summed E-state index contributed by atoms with van der Waals surface area (Å²) in [5, 5.41) is 11.3. The first-order valence-corrected chi connectivity index (χ1v) is 8.66. The van der Waals surface area contributed by atoms with E-state index >= 15 is 0 Å². The van der Waals surface area contributed by atoms with Crippen LogP contribution >= 0.6 is 0 Å². The number of hydrogen-bond donors (Lipinski definition) is 0. The third-order valence-electron chi connectivity index (χ3n) is 3.60. The number of methoxy groups -OCH3 is 1. The maximum Gasteiger partial charge on any atom is 0.314 e. The number of nitro groups is 1. The summed E-state index contributed by atoms with van der Waals surface area (Å²) in [7, 11) is -1.32. The molecule has 0 bridgehead atoms. The number of sulfonamides is 1. The fraction of sp³-hybridized carbons (Fsp3) is 0.500. The molecule has 0 fully saturated rings. The summed E-state index contributed by atoms with van der Waals surface area (Å²) < 4.78 is 31.6. The molecule has 0 radical (unpaired) electrons. The highest BCUT2D eigenvalue weighted by molar-refractivity contribution is 7.89. The Balaban J connectivity index is 3.77. The van der Waals surface area contributed by atoms with Crippen LogP contribution in [0.2, 0.25) is 0 Å². The van der Waals surface area contributed by atoms with E-state index in [0.29, 0.717) is 0 Å². The van der Waals surface area contributed by atoms with Gasteiger partial charge < -0.3 is 9.64 Å². The van der Waals surface area contributed by atoms with Crippen molar-refractivity contribution in [2.75, 3.05) is 32.1 Å². The Hall–Kier alpha value is -2.20. The first kappa shape index (κ1) is 19.8. The minimum atomic E-state index is -3.93. The van der Waals surface area contributed by atoms with Gasteiger partial charge in [-0.2, -0.15) is 4.31 Å². The van der Waals surface area contributed by atoms with Crippen LogP contribution in [0.3, 0.4) is 0 Å². The zero-order valence-corrected chi connectivity index (χ0v) is 15.1. The van der Waals surface area contributed by atoms with Gasteiger partial charge in [0.05, 0.1) is 22.6 Å². The van der Waals surface area contributed by atoms with Gasteiger partial charge in [-0.3, -0.25) is 14.9 Å². The second-order valence-electron chi connectivity index (χ2n) is 4.92. The average Bonchev–Trinajstić information content (AvgIpc) is 2.53. The van der Waals surface area contributed by atoms with Crippen LogP contribution in [-0.2, 0) is 14.8 Å². The number of nitro benzene ring substituents is 1. The van der Waals surface area contributed by atoms with E-state index in [4.69, 9.17) is 4.74 Å². The predicted molar refractivity (Wildman–Crippen MR) is 88.8 cm³/mol. The van der Waals surface area contributed by atoms with Crippen LogP contribution in [0.15, 0.2) is 17.0 Å². The molecule has 0 saturated carbocycles. The topological polar surface area (TPSA) is 110 Å². The molecule has 0 saturated heterocycles. The van der Waals surface area contributed by atoms with E-state index in [2.05, 4.69) is 0 Å². The number of ether oxygens (including phenoxy) is 1. The van der Waals surface area contributed by atoms with Crippen molar-refractivity contribution in [1.82, 2.24) is 4.31 Å². The predicted octanol–water partition coefficient (Wildman–Crippen LogP) is 1.62. The minimum Gasteiger partial charge on any atom is -0.489 e. The summed E-state index contributed by atoms with van der Waals surface area (Å²) in [6.45, 7) is 5.03. The molecule has 0 unspecified atom stereocenters. The molecule has 1 aromatic rings. The molecule has 0 spiro atoms. The van der Waals surface area contributed by atoms with E-state index < -0.39 is 26.5 Å². The third kappa shape index (κ3) is 3.65. The van der Waals surface area contributed by atoms with Crippen LogP contribution < -0.4 is 9.64 Å². The van der Waals surface area contributed by atoms with Crippen LogP contribution in [-0.4, -0.2) is 50.8 Å². The highest BCUT2D eigenvalue weighted by Gasteiger charge is 2.30. The number of hydrogen-bond acceptors (Lipinski definition) is 6. The lowest BCUT2D eigenvalue weighted by atomic mass is 10.2. The molecule has 1 amide bonds. The Morgan fingerprint density at radius 3 is 2.21 bits per heavy atom. The fourth-order valence-electron chi connectivity index (χ4n) is 2.20. The molecule has 0 N–H and O–H groups in total. The molecule has 1 aromatic carbocycles. The van der Waals surface area contributed by atoms with Crippen molar-refractivity contribution in [2.45, 2.75) is 25.7 Å². The third-order valence-corrected chi connectivity index (χ3v) is 5.63. The zero-order chi connectivity index (χ0) is 18.7. The van der Waals surface area contributed by atoms with Crippen molar-refractivity contribution in [2.24, 2.45) is 0 Å². The smallest absolute Gasteiger partial charge is 0.314 e. The molecule has 0 aliphatic carbocycles. The zero-order valence-electron chi connectivity index (χ0n) is 14.3. The Labute approximate surface area is 141 Å². The molecule has 134 valence electrons. The van der Waals surface area contributed by atoms with Crippen molar-refractivity contribution in [1.29, 1.82) is 0 Å². The molecule has 24 heavy (non-hydrogen) atoms. The Bertz CT molecular complexity index is 743. The van der Waals surface area contributed by atoms with Gasteiger partial charge in [-0.05, 0) is 6.07 Å². The number of benzene rings is 1. The fourth-order valence-corrected chi connectivity index (χ4v) is 3.70. The average molecular weight is 359 g/mol. The summed E-state index contributed by atoms with van der Waals surface area (Å²) in [6.07, 6.45) is 0. The number of nitrogens with zero attached hydrogens (tertiary/aromatic N) is 3. The van der Waals surface area contributed by atoms with Gasteiger partial charge in [-0.15, -0.1) is 0 Å². The SMILES string of the molecule is CCN(CC)S(=O)(=O)c1cc(N(C)C(C)=O)c(OC)c([N+](=O)[O-])c1. The standard InChI is InChI=1S/C14H21N3O6S/c1-6-16(7-2)24(21,22)11-8-12(15(4)10(3)18)14(23-5)13(9-11)17(19)20/h8-9H,6-7H2,1-5H3. The van der Waals surface area contributed by atoms with Crippen molar-refractivity contribution < 1.29 is 22.9 Å². The van der Waals surface area contributed by atoms with Crippen LogP contribution in [0, 0.1) is 10.1 Å². The quantitative estimate of drug-likeness (QED) is 0.540. The van der Waals surface area contributed by atoms with Crippen molar-refractivity contribution in [3.8, 4) is 5.75 Å². The Morgan fingerprint density at radius 1 is 1.29 bits per heavy atom. The van der Waals surface area contributed by atoms with Crippen molar-refractivity contribution in [3.63, 3.8) is 0 Å². The van der Waals surface area contributed by atoms with Crippen molar-refractivity contribution >= 4 is 27.3 Å². The molecule has 0 heterocycles. The van der Waals surface area contributed by atoms with Crippen LogP contribution in [0.1, 0.15) is 20.8 Å². The normalized spacial score (nSPS) is 11.4. The van der Waals surface area contributed by atoms with Crippen LogP contribution in [0.25, 0.3) is 0 Å². The lowest BCUT2D eigenvalue weighted by Gasteiger charge is -2.22. The monoisotopic (exact) mass is 359 g/mol. The van der Waals surface area contributed by atoms with Gasteiger partial charge in [-0.1, -0.05) is 13.8 Å². The number of carbonyl (C=O) groups excluding carboxylic acids is 1. The lowest BCUT2D eigenvalue weighted by molar-refractivity contribution is -0.385. The van der Waals surface area contributed by atoms with E-state index in [1.807, 2.05) is 0 Å². The van der Waals surface area contributed by atoms with Gasteiger partial charge in [0.1, 0.15) is 0 Å². The number of anilines is 1. The van der Waals surface area contributed by atoms with E-state index in [-0.39, 0.29) is 29.4 Å². The van der Waals surface area contributed by atoms with E-state index in [9.17, 15) is 23.3 Å². The molecule has 0 aliphatic heterocycles. The van der Waals surface area contributed by atoms with Gasteiger partial charge in [0.15, 0.2) is 0 Å². The molecular weight excluding hydrogens is 338 g/mol. The molecule has 1 rings (SSSR count). The van der Waals surface area contributed by atoms with Gasteiger partial charge in [-0.25, -0.2) is 8.42 Å². The molecular formula is C14H21N3O6S. The largest absolute Gasteiger partial charge is 0.489 e. The van der Waals surface area contributed by atoms with Gasteiger partial charge in [0.25, 0.3) is 0 Å². The van der Waals surface area contributed by atoms with Gasteiger partial charge in [0.2, 0.25) is 21.7 Å². The van der Waals surface area contributed by atoms with Crippen molar-refractivity contribution in [3.05, 3.63) is 22.2 Å². The molecule has 10 heteroatoms. The summed E-state index contributed by atoms with van der Waals surface area (Å²) in [6, 6.07) is 2.16. The van der Waals surface area contributed by atoms with Gasteiger partial charge >= 0.3 is 5.69 Å². The first-order valence-electron chi connectivity index (χ1n) is 7.22. The molecule has 0 atom stereocenters. The molecule has 0 aromatic heterocycles. The lowest BCUT2D eigenvalue weighted by Crippen LogP contribution is -2.31. The number of carbonyl (C=O) groups is 1. The van der Waals surface area contributed by atoms with E-state index in [0.717, 1.165) is 11.0 Å².